The molecule has 1 aromatic carbocycles. The zero-order chi connectivity index (χ0) is 13.1. The van der Waals surface area contributed by atoms with Gasteiger partial charge in [0.05, 0.1) is 0 Å². The lowest BCUT2D eigenvalue weighted by molar-refractivity contribution is 0.333. The minimum absolute atomic E-state index is 0.0242. The van der Waals surface area contributed by atoms with Crippen molar-refractivity contribution in [1.82, 2.24) is 10.7 Å². The van der Waals surface area contributed by atoms with E-state index < -0.39 is 0 Å². The second kappa shape index (κ2) is 5.48. The Morgan fingerprint density at radius 1 is 1.26 bits per heavy atom. The fourth-order valence-corrected chi connectivity index (χ4v) is 2.79. The van der Waals surface area contributed by atoms with E-state index >= 15 is 0 Å². The van der Waals surface area contributed by atoms with E-state index in [4.69, 9.17) is 10.6 Å². The van der Waals surface area contributed by atoms with Crippen LogP contribution in [0.5, 0.6) is 5.75 Å². The number of aliphatic imine (C=N–C) groups is 1. The first kappa shape index (κ1) is 12.3. The zero-order valence-electron chi connectivity index (χ0n) is 10.9. The Bertz CT molecular complexity index is 468. The van der Waals surface area contributed by atoms with Crippen LogP contribution in [0, 0.1) is 0 Å². The first-order valence-electron chi connectivity index (χ1n) is 6.89. The maximum atomic E-state index is 5.62. The molecule has 0 radical (unpaired) electrons. The van der Waals surface area contributed by atoms with E-state index in [9.17, 15) is 0 Å². The van der Waals surface area contributed by atoms with Gasteiger partial charge in [-0.15, -0.1) is 0 Å². The molecule has 1 aliphatic heterocycles. The van der Waals surface area contributed by atoms with E-state index in [2.05, 4.69) is 21.8 Å². The summed E-state index contributed by atoms with van der Waals surface area (Å²) >= 11 is 0. The van der Waals surface area contributed by atoms with E-state index in [0.29, 0.717) is 18.6 Å². The maximum absolute atomic E-state index is 5.62. The van der Waals surface area contributed by atoms with Crippen molar-refractivity contribution in [1.29, 1.82) is 0 Å². The molecule has 1 aromatic rings. The van der Waals surface area contributed by atoms with Gasteiger partial charge in [-0.2, -0.15) is 0 Å². The highest BCUT2D eigenvalue weighted by Crippen LogP contribution is 2.34. The average molecular weight is 260 g/mol. The standard InChI is InChI=1S/C14H20N4O/c15-18-14(16-10-5-1-2-6-10)17-12-9-19-13-8-4-3-7-11(12)13/h3-4,7-8,10,12H,1-2,5-6,9,15H2,(H2,16,17,18). The molecule has 0 bridgehead atoms. The molecule has 1 atom stereocenters. The van der Waals surface area contributed by atoms with Crippen LogP contribution in [0.1, 0.15) is 37.3 Å². The van der Waals surface area contributed by atoms with Gasteiger partial charge in [0.1, 0.15) is 18.4 Å². The Morgan fingerprint density at radius 3 is 2.84 bits per heavy atom. The molecule has 4 N–H and O–H groups in total. The van der Waals surface area contributed by atoms with Crippen molar-refractivity contribution in [3.05, 3.63) is 29.8 Å². The second-order valence-electron chi connectivity index (χ2n) is 5.11. The molecule has 0 aromatic heterocycles. The van der Waals surface area contributed by atoms with Gasteiger partial charge in [-0.05, 0) is 18.9 Å². The Labute approximate surface area is 113 Å². The van der Waals surface area contributed by atoms with Gasteiger partial charge in [-0.25, -0.2) is 10.8 Å². The number of para-hydroxylation sites is 1. The Morgan fingerprint density at radius 2 is 2.05 bits per heavy atom. The Balaban J connectivity index is 1.72. The summed E-state index contributed by atoms with van der Waals surface area (Å²) in [7, 11) is 0. The highest BCUT2D eigenvalue weighted by Gasteiger charge is 2.24. The average Bonchev–Trinajstić information content (AvgIpc) is 3.08. The molecule has 5 heteroatoms. The molecule has 0 amide bonds. The van der Waals surface area contributed by atoms with Crippen LogP contribution < -0.4 is 21.3 Å². The third-order valence-electron chi connectivity index (χ3n) is 3.79. The third kappa shape index (κ3) is 2.66. The molecule has 1 unspecified atom stereocenters. The third-order valence-corrected chi connectivity index (χ3v) is 3.79. The Kier molecular flexibility index (Phi) is 3.55. The summed E-state index contributed by atoms with van der Waals surface area (Å²) in [5.74, 6) is 7.15. The highest BCUT2D eigenvalue weighted by molar-refractivity contribution is 5.80. The molecule has 3 rings (SSSR count). The zero-order valence-corrected chi connectivity index (χ0v) is 10.9. The summed E-state index contributed by atoms with van der Waals surface area (Å²) in [6.45, 7) is 0.580. The smallest absolute Gasteiger partial charge is 0.206 e. The Hall–Kier alpha value is -1.75. The van der Waals surface area contributed by atoms with Crippen LogP contribution in [0.2, 0.25) is 0 Å². The molecule has 5 nitrogen and oxygen atoms in total. The van der Waals surface area contributed by atoms with Crippen LogP contribution in [0.3, 0.4) is 0 Å². The number of nitrogens with one attached hydrogen (secondary N) is 2. The first-order chi connectivity index (χ1) is 9.36. The summed E-state index contributed by atoms with van der Waals surface area (Å²) in [5, 5.41) is 3.38. The summed E-state index contributed by atoms with van der Waals surface area (Å²) in [4.78, 5) is 4.64. The first-order valence-corrected chi connectivity index (χ1v) is 6.89. The molecule has 1 aliphatic carbocycles. The number of rotatable bonds is 2. The fraction of sp³-hybridized carbons (Fsp3) is 0.500. The van der Waals surface area contributed by atoms with Crippen molar-refractivity contribution >= 4 is 5.96 Å². The summed E-state index contributed by atoms with van der Waals surface area (Å²) in [6.07, 6.45) is 4.95. The molecule has 19 heavy (non-hydrogen) atoms. The lowest BCUT2D eigenvalue weighted by atomic mass is 10.1. The van der Waals surface area contributed by atoms with Gasteiger partial charge < -0.3 is 10.1 Å². The summed E-state index contributed by atoms with van der Waals surface area (Å²) < 4.78 is 5.62. The number of guanidine groups is 1. The number of hydrogen-bond acceptors (Lipinski definition) is 3. The number of hydrazine groups is 1. The van der Waals surface area contributed by atoms with E-state index in [1.807, 2.05) is 18.2 Å². The summed E-state index contributed by atoms with van der Waals surface area (Å²) in [6, 6.07) is 8.54. The van der Waals surface area contributed by atoms with Gasteiger partial charge in [-0.3, -0.25) is 5.43 Å². The van der Waals surface area contributed by atoms with Gasteiger partial charge in [0.2, 0.25) is 5.96 Å². The van der Waals surface area contributed by atoms with Crippen LogP contribution >= 0.6 is 0 Å². The van der Waals surface area contributed by atoms with Crippen LogP contribution in [0.25, 0.3) is 0 Å². The predicted molar refractivity (Wildman–Crippen MR) is 74.8 cm³/mol. The topological polar surface area (TPSA) is 71.7 Å². The normalized spacial score (nSPS) is 23.0. The van der Waals surface area contributed by atoms with Gasteiger partial charge >= 0.3 is 0 Å². The monoisotopic (exact) mass is 260 g/mol. The van der Waals surface area contributed by atoms with E-state index in [-0.39, 0.29) is 6.04 Å². The number of nitrogens with two attached hydrogens (primary N) is 1. The fourth-order valence-electron chi connectivity index (χ4n) is 2.79. The largest absolute Gasteiger partial charge is 0.491 e. The highest BCUT2D eigenvalue weighted by atomic mass is 16.5. The van der Waals surface area contributed by atoms with Crippen LogP contribution in [0.4, 0.5) is 0 Å². The number of benzene rings is 1. The molecule has 0 saturated heterocycles. The SMILES string of the molecule is NNC(=NC1COc2ccccc21)NC1CCCC1. The molecule has 1 saturated carbocycles. The van der Waals surface area contributed by atoms with Crippen molar-refractivity contribution in [3.63, 3.8) is 0 Å². The molecule has 2 aliphatic rings. The molecule has 0 spiro atoms. The van der Waals surface area contributed by atoms with Crippen molar-refractivity contribution in [2.45, 2.75) is 37.8 Å². The number of ether oxygens (including phenoxy) is 1. The van der Waals surface area contributed by atoms with E-state index in [0.717, 1.165) is 11.3 Å². The maximum Gasteiger partial charge on any atom is 0.206 e. The van der Waals surface area contributed by atoms with E-state index in [1.165, 1.54) is 25.7 Å². The summed E-state index contributed by atoms with van der Waals surface area (Å²) in [5.41, 5.74) is 3.80. The number of hydrogen-bond donors (Lipinski definition) is 3. The number of fused-ring (bicyclic) bond motifs is 1. The lowest BCUT2D eigenvalue weighted by Gasteiger charge is -2.16. The van der Waals surface area contributed by atoms with Crippen molar-refractivity contribution < 1.29 is 4.74 Å². The van der Waals surface area contributed by atoms with Gasteiger partial charge in [0.15, 0.2) is 0 Å². The molecule has 102 valence electrons. The van der Waals surface area contributed by atoms with Crippen molar-refractivity contribution in [2.24, 2.45) is 10.8 Å². The van der Waals surface area contributed by atoms with Crippen LogP contribution in [-0.2, 0) is 0 Å². The van der Waals surface area contributed by atoms with Gasteiger partial charge in [0.25, 0.3) is 0 Å². The van der Waals surface area contributed by atoms with Gasteiger partial charge in [-0.1, -0.05) is 31.0 Å². The molecule has 1 heterocycles. The molecular formula is C14H20N4O. The molecule has 1 fully saturated rings. The minimum atomic E-state index is 0.0242. The second-order valence-corrected chi connectivity index (χ2v) is 5.11. The van der Waals surface area contributed by atoms with Crippen molar-refractivity contribution in [2.75, 3.05) is 6.61 Å². The van der Waals surface area contributed by atoms with Gasteiger partial charge in [0, 0.05) is 11.6 Å². The van der Waals surface area contributed by atoms with Crippen LogP contribution in [-0.4, -0.2) is 18.6 Å². The van der Waals surface area contributed by atoms with Crippen LogP contribution in [0.15, 0.2) is 29.3 Å². The predicted octanol–water partition coefficient (Wildman–Crippen LogP) is 1.47. The van der Waals surface area contributed by atoms with Crippen molar-refractivity contribution in [3.8, 4) is 5.75 Å². The lowest BCUT2D eigenvalue weighted by Crippen LogP contribution is -2.45. The quantitative estimate of drug-likeness (QED) is 0.326. The molecular weight excluding hydrogens is 240 g/mol. The minimum Gasteiger partial charge on any atom is -0.491 e. The number of nitrogens with zero attached hydrogens (tertiary/aromatic N) is 1. The van der Waals surface area contributed by atoms with E-state index in [1.54, 1.807) is 0 Å².